The minimum absolute atomic E-state index is 0.0371. The molecule has 9 rings (SSSR count). The van der Waals surface area contributed by atoms with Gasteiger partial charge >= 0.3 is 0 Å². The fourth-order valence-corrected chi connectivity index (χ4v) is 7.36. The number of nitrogens with zero attached hydrogens (tertiary/aromatic N) is 4. The number of benzene rings is 4. The Morgan fingerprint density at radius 1 is 0.711 bits per heavy atom. The zero-order valence-electron chi connectivity index (χ0n) is 27.3. The Morgan fingerprint density at radius 3 is 2.24 bits per heavy atom. The van der Waals surface area contributed by atoms with Gasteiger partial charge in [-0.05, 0) is 58.4 Å². The third kappa shape index (κ3) is 4.25. The first kappa shape index (κ1) is 28.1. The fraction of sp³-hybridized carbons (Fsp3) is 0.250. The zero-order valence-corrected chi connectivity index (χ0v) is 27.3. The molecule has 4 aromatic carbocycles. The maximum Gasteiger partial charge on any atom is 0.181 e. The lowest BCUT2D eigenvalue weighted by molar-refractivity contribution is 0.157. The first-order chi connectivity index (χ1) is 21.4. The van der Waals surface area contributed by atoms with Gasteiger partial charge in [0.1, 0.15) is 22.8 Å². The van der Waals surface area contributed by atoms with Gasteiger partial charge in [-0.25, -0.2) is 4.98 Å². The second-order valence-electron chi connectivity index (χ2n) is 15.1. The summed E-state index contributed by atoms with van der Waals surface area (Å²) in [5, 5.41) is 2.34. The minimum Gasteiger partial charge on any atom is -0.457 e. The Morgan fingerprint density at radius 2 is 1.47 bits per heavy atom. The van der Waals surface area contributed by atoms with Crippen LogP contribution >= 0.6 is 0 Å². The van der Waals surface area contributed by atoms with E-state index < -0.39 is 0 Å². The number of para-hydroxylation sites is 1. The molecule has 1 saturated heterocycles. The molecule has 0 N–H and O–H groups in total. The highest BCUT2D eigenvalue weighted by atomic mass is 16.5. The summed E-state index contributed by atoms with van der Waals surface area (Å²) in [6, 6.07) is 35.0. The molecule has 45 heavy (non-hydrogen) atoms. The molecule has 6 aromatic rings. The molecule has 2 bridgehead atoms. The summed E-state index contributed by atoms with van der Waals surface area (Å²) in [6.45, 7) is 17.2. The van der Waals surface area contributed by atoms with Crippen LogP contribution in [0.1, 0.15) is 52.7 Å². The summed E-state index contributed by atoms with van der Waals surface area (Å²) >= 11 is 0. The average Bonchev–Trinajstić information content (AvgIpc) is 3.55. The molecule has 0 unspecified atom stereocenters. The summed E-state index contributed by atoms with van der Waals surface area (Å²) in [5.41, 5.74) is 9.84. The molecule has 0 radical (unpaired) electrons. The Labute approximate surface area is 266 Å². The number of fused-ring (bicyclic) bond motifs is 3. The lowest BCUT2D eigenvalue weighted by atomic mass is 9.86. The van der Waals surface area contributed by atoms with E-state index in [1.807, 2.05) is 18.3 Å². The van der Waals surface area contributed by atoms with E-state index in [2.05, 4.69) is 145 Å². The van der Waals surface area contributed by atoms with Gasteiger partial charge in [0.2, 0.25) is 0 Å². The van der Waals surface area contributed by atoms with Crippen molar-refractivity contribution < 1.29 is 4.74 Å². The van der Waals surface area contributed by atoms with Gasteiger partial charge in [-0.3, -0.25) is 9.05 Å². The first-order valence-electron chi connectivity index (χ1n) is 15.9. The second-order valence-corrected chi connectivity index (χ2v) is 15.1. The number of hydrogen-bond donors (Lipinski definition) is 0. The van der Waals surface area contributed by atoms with Crippen molar-refractivity contribution in [1.29, 1.82) is 0 Å². The number of hydrogen-bond acceptors (Lipinski definition) is 2. The van der Waals surface area contributed by atoms with Crippen LogP contribution in [0, 0.1) is 6.67 Å². The van der Waals surface area contributed by atoms with Crippen molar-refractivity contribution in [2.24, 2.45) is 0 Å². The van der Waals surface area contributed by atoms with E-state index >= 15 is 0 Å². The highest BCUT2D eigenvalue weighted by molar-refractivity contribution is 6.07. The molecule has 5 heteroatoms. The smallest absolute Gasteiger partial charge is 0.181 e. The molecule has 226 valence electrons. The quantitative estimate of drug-likeness (QED) is 0.150. The van der Waals surface area contributed by atoms with E-state index in [1.165, 1.54) is 33.6 Å². The van der Waals surface area contributed by atoms with Gasteiger partial charge in [0.05, 0.1) is 24.9 Å². The van der Waals surface area contributed by atoms with Gasteiger partial charge < -0.3 is 9.22 Å². The standard InChI is InChI=1S/C40H41N4O/c1-39(2,3)27-17-18-36-37(22-27)43(7)25-44(36,26-43)30-20-28(40(4,5)6)21-32(24-30)45-31-13-10-12-29(23-31)42-35-16-9-8-14-33(35)34-15-11-19-41-38(34)42/h8-25H,26H2,1-7H3/q+1/t43-,44+/m0/s1. The monoisotopic (exact) mass is 593 g/mol. The van der Waals surface area contributed by atoms with Crippen LogP contribution in [-0.4, -0.2) is 23.3 Å². The molecule has 2 aromatic heterocycles. The average molecular weight is 594 g/mol. The lowest BCUT2D eigenvalue weighted by Gasteiger charge is -2.55. The van der Waals surface area contributed by atoms with Crippen LogP contribution in [0.25, 0.3) is 27.6 Å². The highest BCUT2D eigenvalue weighted by Gasteiger charge is 2.59. The van der Waals surface area contributed by atoms with Crippen molar-refractivity contribution in [3.05, 3.63) is 121 Å². The van der Waals surface area contributed by atoms with Crippen molar-refractivity contribution in [3.63, 3.8) is 0 Å². The normalized spacial score (nSPS) is 20.8. The molecule has 2 atom stereocenters. The van der Waals surface area contributed by atoms with Crippen molar-refractivity contribution in [1.82, 2.24) is 18.5 Å². The number of rotatable bonds is 4. The molecule has 3 aliphatic heterocycles. The van der Waals surface area contributed by atoms with Crippen LogP contribution < -0.4 is 13.7 Å². The van der Waals surface area contributed by atoms with Gasteiger partial charge in [0, 0.05) is 47.3 Å². The summed E-state index contributed by atoms with van der Waals surface area (Å²) in [5.74, 6) is 1.66. The van der Waals surface area contributed by atoms with Crippen LogP contribution in [0.15, 0.2) is 103 Å². The molecule has 0 aliphatic carbocycles. The molecular weight excluding hydrogens is 552 g/mol. The second kappa shape index (κ2) is 9.29. The third-order valence-electron chi connectivity index (χ3n) is 9.75. The van der Waals surface area contributed by atoms with Crippen LogP contribution in [0.2, 0.25) is 0 Å². The molecule has 0 amide bonds. The van der Waals surface area contributed by atoms with Crippen LogP contribution in [0.5, 0.6) is 11.5 Å². The van der Waals surface area contributed by atoms with E-state index in [1.54, 1.807) is 0 Å². The maximum atomic E-state index is 6.75. The number of quaternary nitrogens is 2. The molecule has 0 spiro atoms. The van der Waals surface area contributed by atoms with Gasteiger partial charge in [0.15, 0.2) is 18.0 Å². The number of pyridine rings is 1. The van der Waals surface area contributed by atoms with Crippen LogP contribution in [0.4, 0.5) is 17.1 Å². The summed E-state index contributed by atoms with van der Waals surface area (Å²) in [7, 11) is 2.33. The fourth-order valence-electron chi connectivity index (χ4n) is 7.36. The van der Waals surface area contributed by atoms with Gasteiger partial charge in [0.25, 0.3) is 0 Å². The van der Waals surface area contributed by atoms with Crippen molar-refractivity contribution in [2.45, 2.75) is 52.4 Å². The number of ether oxygens (including phenoxy) is 1. The minimum atomic E-state index is -0.0371. The summed E-state index contributed by atoms with van der Waals surface area (Å²) in [4.78, 5) is 4.77. The Balaban J connectivity index is 1.21. The molecule has 0 saturated carbocycles. The molecular formula is C40H41N4O+. The van der Waals surface area contributed by atoms with E-state index in [4.69, 9.17) is 9.72 Å². The largest absolute Gasteiger partial charge is 0.457 e. The zero-order chi connectivity index (χ0) is 31.4. The molecule has 5 nitrogen and oxygen atoms in total. The highest BCUT2D eigenvalue weighted by Crippen LogP contribution is 2.61. The maximum absolute atomic E-state index is 6.75. The van der Waals surface area contributed by atoms with E-state index in [9.17, 15) is 0 Å². The van der Waals surface area contributed by atoms with Gasteiger partial charge in [-0.15, -0.1) is 0 Å². The van der Waals surface area contributed by atoms with Crippen molar-refractivity contribution in [2.75, 3.05) is 13.7 Å². The Bertz CT molecular complexity index is 2080. The molecule has 1 fully saturated rings. The Hall–Kier alpha value is -4.45. The van der Waals surface area contributed by atoms with E-state index in [-0.39, 0.29) is 10.8 Å². The van der Waals surface area contributed by atoms with Crippen LogP contribution in [0.3, 0.4) is 0 Å². The predicted octanol–water partition coefficient (Wildman–Crippen LogP) is 10.2. The Kier molecular flexibility index (Phi) is 5.79. The predicted molar refractivity (Wildman–Crippen MR) is 187 cm³/mol. The van der Waals surface area contributed by atoms with E-state index in [0.29, 0.717) is 0 Å². The van der Waals surface area contributed by atoms with Gasteiger partial charge in [-0.1, -0.05) is 71.9 Å². The third-order valence-corrected chi connectivity index (χ3v) is 9.75. The van der Waals surface area contributed by atoms with E-state index in [0.717, 1.165) is 49.4 Å². The van der Waals surface area contributed by atoms with Crippen molar-refractivity contribution in [3.8, 4) is 17.2 Å². The molecule has 5 heterocycles. The topological polar surface area (TPSA) is 27.1 Å². The van der Waals surface area contributed by atoms with Crippen LogP contribution in [-0.2, 0) is 10.8 Å². The summed E-state index contributed by atoms with van der Waals surface area (Å²) in [6.07, 6.45) is 1.86. The lowest BCUT2D eigenvalue weighted by Crippen LogP contribution is -2.68. The first-order valence-corrected chi connectivity index (χ1v) is 15.9. The van der Waals surface area contributed by atoms with Crippen molar-refractivity contribution >= 4 is 39.0 Å². The summed E-state index contributed by atoms with van der Waals surface area (Å²) < 4.78 is 10.6. The SMILES string of the molecule is CC(C)(C)c1cc(Oc2cccc(-n3c4ccccc4c4cccnc43)c2)cc([N@@+]23[CH-][N@@+](C)(C2)c2cc(C(C)(C)C)ccc23)c1. The molecule has 3 aliphatic rings. The van der Waals surface area contributed by atoms with Gasteiger partial charge in [-0.2, -0.15) is 0 Å². The number of aromatic nitrogens is 2.